The summed E-state index contributed by atoms with van der Waals surface area (Å²) in [5.41, 5.74) is 0.900. The van der Waals surface area contributed by atoms with Crippen molar-refractivity contribution in [2.24, 2.45) is 0 Å². The summed E-state index contributed by atoms with van der Waals surface area (Å²) in [6.07, 6.45) is 3.28. The van der Waals surface area contributed by atoms with Crippen molar-refractivity contribution in [1.82, 2.24) is 29.7 Å². The lowest BCUT2D eigenvalue weighted by molar-refractivity contribution is -0.137. The molecule has 3 aromatic heterocycles. The molecule has 0 radical (unpaired) electrons. The molecule has 0 spiro atoms. The van der Waals surface area contributed by atoms with Crippen molar-refractivity contribution in [3.05, 3.63) is 65.3 Å². The molecule has 194 valence electrons. The summed E-state index contributed by atoms with van der Waals surface area (Å²) < 4.78 is 60.9. The molecule has 0 bridgehead atoms. The van der Waals surface area contributed by atoms with Crippen LogP contribution in [0.4, 0.5) is 17.6 Å². The first-order chi connectivity index (χ1) is 17.7. The van der Waals surface area contributed by atoms with E-state index in [0.717, 1.165) is 18.2 Å². The van der Waals surface area contributed by atoms with Crippen LogP contribution < -0.4 is 0 Å². The first-order valence-corrected chi connectivity index (χ1v) is 12.2. The van der Waals surface area contributed by atoms with Gasteiger partial charge in [-0.1, -0.05) is 0 Å². The third kappa shape index (κ3) is 5.61. The molecule has 1 aromatic carbocycles. The Morgan fingerprint density at radius 3 is 2.30 bits per heavy atom. The quantitative estimate of drug-likeness (QED) is 0.313. The Balaban J connectivity index is 0.000000295. The van der Waals surface area contributed by atoms with Crippen LogP contribution in [-0.4, -0.2) is 42.9 Å². The van der Waals surface area contributed by atoms with E-state index in [-0.39, 0.29) is 22.7 Å². The SMILES string of the molecule is Cc1nc2nc(C3CCOCC3)nc(-c3ccc(C(F)(F)F)cc3F)c2nc1C.c1cnn(C2CC2)c1. The standard InChI is InChI=1S/C20H18F4N4O.C6H8N2/c1-10-11(2)26-19-17(25-10)16(27-18(28-19)12-5-7-29-8-6-12)14-4-3-13(9-15(14)21)20(22,23)24;1-4-7-8(5-1)6-2-3-6/h3-4,9,12H,5-8H2,1-2H3;1,4-6H,2-3H2. The Bertz CT molecular complexity index is 1400. The highest BCUT2D eigenvalue weighted by atomic mass is 19.4. The lowest BCUT2D eigenvalue weighted by atomic mass is 9.98. The number of hydrogen-bond acceptors (Lipinski definition) is 6. The number of hydrogen-bond donors (Lipinski definition) is 0. The van der Waals surface area contributed by atoms with Crippen molar-refractivity contribution >= 4 is 11.2 Å². The predicted octanol–water partition coefficient (Wildman–Crippen LogP) is 5.97. The molecule has 1 saturated carbocycles. The Hall–Kier alpha value is -3.47. The second-order valence-electron chi connectivity index (χ2n) is 9.29. The topological polar surface area (TPSA) is 78.6 Å². The zero-order valence-corrected chi connectivity index (χ0v) is 20.5. The van der Waals surface area contributed by atoms with E-state index in [1.54, 1.807) is 13.8 Å². The Kier molecular flexibility index (Phi) is 6.89. The van der Waals surface area contributed by atoms with Crippen LogP contribution in [-0.2, 0) is 10.9 Å². The molecule has 7 nitrogen and oxygen atoms in total. The van der Waals surface area contributed by atoms with E-state index < -0.39 is 17.6 Å². The fourth-order valence-corrected chi connectivity index (χ4v) is 4.17. The molecule has 1 saturated heterocycles. The van der Waals surface area contributed by atoms with Gasteiger partial charge >= 0.3 is 6.18 Å². The Morgan fingerprint density at radius 1 is 0.946 bits per heavy atom. The smallest absolute Gasteiger partial charge is 0.381 e. The normalized spacial score (nSPS) is 16.5. The van der Waals surface area contributed by atoms with Gasteiger partial charge in [0.1, 0.15) is 22.9 Å². The van der Waals surface area contributed by atoms with Crippen LogP contribution in [0.15, 0.2) is 36.7 Å². The fourth-order valence-electron chi connectivity index (χ4n) is 4.17. The molecule has 2 aliphatic rings. The minimum atomic E-state index is -4.63. The van der Waals surface area contributed by atoms with Gasteiger partial charge in [0.15, 0.2) is 5.65 Å². The highest BCUT2D eigenvalue weighted by Gasteiger charge is 2.32. The molecule has 37 heavy (non-hydrogen) atoms. The van der Waals surface area contributed by atoms with Crippen molar-refractivity contribution in [2.45, 2.75) is 57.7 Å². The molecule has 0 N–H and O–H groups in total. The van der Waals surface area contributed by atoms with Crippen LogP contribution in [0.1, 0.15) is 60.4 Å². The van der Waals surface area contributed by atoms with Crippen molar-refractivity contribution in [2.75, 3.05) is 13.2 Å². The number of aromatic nitrogens is 6. The second kappa shape index (κ2) is 10.1. The van der Waals surface area contributed by atoms with Gasteiger partial charge in [0.2, 0.25) is 0 Å². The number of rotatable bonds is 3. The molecule has 0 unspecified atom stereocenters. The lowest BCUT2D eigenvalue weighted by Crippen LogP contribution is -2.17. The summed E-state index contributed by atoms with van der Waals surface area (Å²) >= 11 is 0. The van der Waals surface area contributed by atoms with Crippen LogP contribution in [0.25, 0.3) is 22.4 Å². The van der Waals surface area contributed by atoms with E-state index in [9.17, 15) is 17.6 Å². The monoisotopic (exact) mass is 514 g/mol. The first kappa shape index (κ1) is 25.2. The number of nitrogens with zero attached hydrogens (tertiary/aromatic N) is 6. The van der Waals surface area contributed by atoms with Gasteiger partial charge in [-0.15, -0.1) is 0 Å². The molecule has 1 aliphatic carbocycles. The number of ether oxygens (including phenoxy) is 1. The van der Waals surface area contributed by atoms with E-state index in [1.807, 2.05) is 23.1 Å². The maximum absolute atomic E-state index is 14.7. The molecule has 6 rings (SSSR count). The number of fused-ring (bicyclic) bond motifs is 1. The van der Waals surface area contributed by atoms with Crippen LogP contribution in [0, 0.1) is 19.7 Å². The largest absolute Gasteiger partial charge is 0.416 e. The van der Waals surface area contributed by atoms with Crippen molar-refractivity contribution in [3.63, 3.8) is 0 Å². The zero-order valence-electron chi connectivity index (χ0n) is 20.5. The van der Waals surface area contributed by atoms with Crippen LogP contribution in [0.3, 0.4) is 0 Å². The first-order valence-electron chi connectivity index (χ1n) is 12.2. The molecular formula is C26H26F4N6O. The Labute approximate surface area is 210 Å². The second-order valence-corrected chi connectivity index (χ2v) is 9.29. The van der Waals surface area contributed by atoms with Crippen LogP contribution in [0.5, 0.6) is 0 Å². The average molecular weight is 515 g/mol. The van der Waals surface area contributed by atoms with E-state index >= 15 is 0 Å². The summed E-state index contributed by atoms with van der Waals surface area (Å²) in [6, 6.07) is 5.12. The number of alkyl halides is 3. The van der Waals surface area contributed by atoms with E-state index in [4.69, 9.17) is 4.74 Å². The summed E-state index contributed by atoms with van der Waals surface area (Å²) in [5.74, 6) is -0.529. The van der Waals surface area contributed by atoms with Crippen molar-refractivity contribution in [1.29, 1.82) is 0 Å². The van der Waals surface area contributed by atoms with Gasteiger partial charge in [-0.3, -0.25) is 4.68 Å². The van der Waals surface area contributed by atoms with Crippen LogP contribution in [0.2, 0.25) is 0 Å². The Morgan fingerprint density at radius 2 is 1.68 bits per heavy atom. The molecule has 1 aliphatic heterocycles. The molecule has 2 fully saturated rings. The fraction of sp³-hybridized carbons (Fsp3) is 0.423. The van der Waals surface area contributed by atoms with E-state index in [2.05, 4.69) is 25.0 Å². The zero-order chi connectivity index (χ0) is 26.2. The predicted molar refractivity (Wildman–Crippen MR) is 128 cm³/mol. The molecule has 0 atom stereocenters. The van der Waals surface area contributed by atoms with Gasteiger partial charge in [-0.2, -0.15) is 18.3 Å². The van der Waals surface area contributed by atoms with Crippen LogP contribution >= 0.6 is 0 Å². The summed E-state index contributed by atoms with van der Waals surface area (Å²) in [6.45, 7) is 4.67. The van der Waals surface area contributed by atoms with Gasteiger partial charge in [-0.05, 0) is 63.8 Å². The molecule has 4 aromatic rings. The third-order valence-corrected chi connectivity index (χ3v) is 6.54. The van der Waals surface area contributed by atoms with Gasteiger partial charge in [0.05, 0.1) is 23.0 Å². The van der Waals surface area contributed by atoms with E-state index in [1.165, 1.54) is 12.8 Å². The number of halogens is 4. The van der Waals surface area contributed by atoms with Gasteiger partial charge in [0, 0.05) is 37.1 Å². The third-order valence-electron chi connectivity index (χ3n) is 6.54. The minimum Gasteiger partial charge on any atom is -0.381 e. The number of aryl methyl sites for hydroxylation is 2. The number of benzene rings is 1. The van der Waals surface area contributed by atoms with Gasteiger partial charge < -0.3 is 4.74 Å². The average Bonchev–Trinajstić information content (AvgIpc) is 3.58. The lowest BCUT2D eigenvalue weighted by Gasteiger charge is -2.21. The van der Waals surface area contributed by atoms with Gasteiger partial charge in [-0.25, -0.2) is 24.3 Å². The summed E-state index contributed by atoms with van der Waals surface area (Å²) in [5, 5.41) is 4.09. The minimum absolute atomic E-state index is 0.00724. The molecule has 4 heterocycles. The molecule has 11 heteroatoms. The van der Waals surface area contributed by atoms with E-state index in [0.29, 0.717) is 55.0 Å². The van der Waals surface area contributed by atoms with Crippen molar-refractivity contribution in [3.8, 4) is 11.3 Å². The molecule has 0 amide bonds. The summed E-state index contributed by atoms with van der Waals surface area (Å²) in [7, 11) is 0. The van der Waals surface area contributed by atoms with Gasteiger partial charge in [0.25, 0.3) is 0 Å². The molecular weight excluding hydrogens is 488 g/mol. The highest BCUT2D eigenvalue weighted by molar-refractivity contribution is 5.87. The maximum Gasteiger partial charge on any atom is 0.416 e. The van der Waals surface area contributed by atoms with Crippen molar-refractivity contribution < 1.29 is 22.3 Å². The summed E-state index contributed by atoms with van der Waals surface area (Å²) in [4.78, 5) is 18.0. The highest BCUT2D eigenvalue weighted by Crippen LogP contribution is 2.35. The maximum atomic E-state index is 14.7.